The third-order valence-electron chi connectivity index (χ3n) is 3.81. The number of carboxylic acid groups (broad SMARTS) is 1. The predicted molar refractivity (Wildman–Crippen MR) is 68.7 cm³/mol. The van der Waals surface area contributed by atoms with Crippen molar-refractivity contribution in [1.29, 1.82) is 0 Å². The third-order valence-corrected chi connectivity index (χ3v) is 3.81. The van der Waals surface area contributed by atoms with Gasteiger partial charge in [0, 0.05) is 6.54 Å². The Kier molecular flexibility index (Phi) is 4.19. The van der Waals surface area contributed by atoms with Crippen LogP contribution in [-0.4, -0.2) is 33.5 Å². The molecule has 19 heavy (non-hydrogen) atoms. The molecule has 1 aromatic rings. The van der Waals surface area contributed by atoms with Crippen molar-refractivity contribution >= 4 is 11.9 Å². The van der Waals surface area contributed by atoms with E-state index in [0.29, 0.717) is 12.2 Å². The van der Waals surface area contributed by atoms with Crippen LogP contribution in [0.4, 0.5) is 0 Å². The Hall–Kier alpha value is -1.85. The molecule has 0 aliphatic heterocycles. The highest BCUT2D eigenvalue weighted by atomic mass is 16.4. The van der Waals surface area contributed by atoms with E-state index in [1.807, 2.05) is 0 Å². The molecule has 6 heteroatoms. The number of carbonyl (C=O) groups excluding carboxylic acids is 1. The molecule has 0 bridgehead atoms. The van der Waals surface area contributed by atoms with Crippen molar-refractivity contribution < 1.29 is 14.7 Å². The van der Waals surface area contributed by atoms with Crippen molar-refractivity contribution in [1.82, 2.24) is 15.3 Å². The van der Waals surface area contributed by atoms with Crippen LogP contribution in [0.5, 0.6) is 0 Å². The molecule has 1 saturated carbocycles. The van der Waals surface area contributed by atoms with Gasteiger partial charge in [-0.2, -0.15) is 0 Å². The van der Waals surface area contributed by atoms with Gasteiger partial charge in [0.15, 0.2) is 0 Å². The van der Waals surface area contributed by atoms with E-state index in [1.165, 1.54) is 12.5 Å². The Morgan fingerprint density at radius 1 is 1.37 bits per heavy atom. The molecular weight excluding hydrogens is 246 g/mol. The van der Waals surface area contributed by atoms with E-state index >= 15 is 0 Å². The van der Waals surface area contributed by atoms with Crippen molar-refractivity contribution in [2.75, 3.05) is 6.54 Å². The number of aromatic nitrogens is 2. The summed E-state index contributed by atoms with van der Waals surface area (Å²) in [7, 11) is 0. The lowest BCUT2D eigenvalue weighted by atomic mass is 9.71. The molecule has 1 fully saturated rings. The molecule has 0 spiro atoms. The Morgan fingerprint density at radius 2 is 2.11 bits per heavy atom. The van der Waals surface area contributed by atoms with Gasteiger partial charge in [-0.05, 0) is 18.3 Å². The molecule has 0 radical (unpaired) electrons. The molecule has 0 aromatic carbocycles. The summed E-state index contributed by atoms with van der Waals surface area (Å²) in [6.45, 7) is 0.414. The van der Waals surface area contributed by atoms with Crippen molar-refractivity contribution in [3.63, 3.8) is 0 Å². The molecule has 1 aliphatic carbocycles. The standard InChI is InChI=1S/C13H19N3O3/c17-11(18)6-13(4-2-1-3-5-13)8-15-12(19)10-7-14-9-16-10/h7,9H,1-6,8H2,(H,14,16)(H,15,19)(H,17,18). The molecule has 0 saturated heterocycles. The van der Waals surface area contributed by atoms with E-state index < -0.39 is 5.97 Å². The molecule has 2 rings (SSSR count). The van der Waals surface area contributed by atoms with Gasteiger partial charge in [-0.15, -0.1) is 0 Å². The highest BCUT2D eigenvalue weighted by Crippen LogP contribution is 2.38. The Labute approximate surface area is 111 Å². The second-order valence-corrected chi connectivity index (χ2v) is 5.28. The van der Waals surface area contributed by atoms with E-state index in [1.54, 1.807) is 0 Å². The molecular formula is C13H19N3O3. The first-order chi connectivity index (χ1) is 9.11. The summed E-state index contributed by atoms with van der Waals surface area (Å²) >= 11 is 0. The van der Waals surface area contributed by atoms with Gasteiger partial charge in [-0.3, -0.25) is 9.59 Å². The number of H-pyrrole nitrogens is 1. The topological polar surface area (TPSA) is 95.1 Å². The number of amides is 1. The lowest BCUT2D eigenvalue weighted by Gasteiger charge is -2.36. The predicted octanol–water partition coefficient (Wildman–Crippen LogP) is 1.56. The van der Waals surface area contributed by atoms with Crippen molar-refractivity contribution in [2.45, 2.75) is 38.5 Å². The Morgan fingerprint density at radius 3 is 2.68 bits per heavy atom. The summed E-state index contributed by atoms with van der Waals surface area (Å²) in [5.41, 5.74) is 0.112. The quantitative estimate of drug-likeness (QED) is 0.753. The minimum Gasteiger partial charge on any atom is -0.481 e. The number of imidazole rings is 1. The van der Waals surface area contributed by atoms with Gasteiger partial charge in [0.1, 0.15) is 5.69 Å². The molecule has 6 nitrogen and oxygen atoms in total. The van der Waals surface area contributed by atoms with E-state index in [4.69, 9.17) is 5.11 Å². The molecule has 1 heterocycles. The van der Waals surface area contributed by atoms with Gasteiger partial charge >= 0.3 is 5.97 Å². The maximum absolute atomic E-state index is 11.8. The average molecular weight is 265 g/mol. The van der Waals surface area contributed by atoms with Crippen LogP contribution in [-0.2, 0) is 4.79 Å². The van der Waals surface area contributed by atoms with Crippen LogP contribution >= 0.6 is 0 Å². The fourth-order valence-electron chi connectivity index (χ4n) is 2.78. The summed E-state index contributed by atoms with van der Waals surface area (Å²) in [5.74, 6) is -1.02. The van der Waals surface area contributed by atoms with Gasteiger partial charge in [-0.25, -0.2) is 4.98 Å². The van der Waals surface area contributed by atoms with Crippen LogP contribution in [0.15, 0.2) is 12.5 Å². The average Bonchev–Trinajstić information content (AvgIpc) is 2.90. The molecule has 0 atom stereocenters. The third kappa shape index (κ3) is 3.56. The minimum atomic E-state index is -0.794. The van der Waals surface area contributed by atoms with Crippen LogP contribution in [0.3, 0.4) is 0 Å². The lowest BCUT2D eigenvalue weighted by molar-refractivity contribution is -0.140. The van der Waals surface area contributed by atoms with Crippen LogP contribution in [0.25, 0.3) is 0 Å². The number of hydrogen-bond acceptors (Lipinski definition) is 3. The fourth-order valence-corrected chi connectivity index (χ4v) is 2.78. The lowest BCUT2D eigenvalue weighted by Crippen LogP contribution is -2.40. The maximum atomic E-state index is 11.8. The number of nitrogens with one attached hydrogen (secondary N) is 2. The first-order valence-corrected chi connectivity index (χ1v) is 6.60. The number of carboxylic acids is 1. The van der Waals surface area contributed by atoms with E-state index in [-0.39, 0.29) is 17.7 Å². The fraction of sp³-hybridized carbons (Fsp3) is 0.615. The number of aromatic amines is 1. The summed E-state index contributed by atoms with van der Waals surface area (Å²) in [5, 5.41) is 11.9. The zero-order valence-electron chi connectivity index (χ0n) is 10.8. The number of carbonyl (C=O) groups is 2. The van der Waals surface area contributed by atoms with E-state index in [0.717, 1.165) is 32.1 Å². The molecule has 3 N–H and O–H groups in total. The monoisotopic (exact) mass is 265 g/mol. The first kappa shape index (κ1) is 13.6. The Balaban J connectivity index is 1.96. The Bertz CT molecular complexity index is 436. The summed E-state index contributed by atoms with van der Waals surface area (Å²) < 4.78 is 0. The van der Waals surface area contributed by atoms with E-state index in [2.05, 4.69) is 15.3 Å². The minimum absolute atomic E-state index is 0.121. The second kappa shape index (κ2) is 5.86. The molecule has 1 aromatic heterocycles. The number of nitrogens with zero attached hydrogens (tertiary/aromatic N) is 1. The number of aliphatic carboxylic acids is 1. The van der Waals surface area contributed by atoms with E-state index in [9.17, 15) is 9.59 Å². The van der Waals surface area contributed by atoms with Gasteiger partial charge in [0.2, 0.25) is 0 Å². The van der Waals surface area contributed by atoms with Crippen molar-refractivity contribution in [3.05, 3.63) is 18.2 Å². The second-order valence-electron chi connectivity index (χ2n) is 5.28. The van der Waals surface area contributed by atoms with Crippen LogP contribution in [0, 0.1) is 5.41 Å². The first-order valence-electron chi connectivity index (χ1n) is 6.60. The summed E-state index contributed by atoms with van der Waals surface area (Å²) in [6, 6.07) is 0. The number of hydrogen-bond donors (Lipinski definition) is 3. The molecule has 104 valence electrons. The summed E-state index contributed by atoms with van der Waals surface area (Å²) in [6.07, 6.45) is 7.97. The van der Waals surface area contributed by atoms with Crippen LogP contribution < -0.4 is 5.32 Å². The van der Waals surface area contributed by atoms with Gasteiger partial charge < -0.3 is 15.4 Å². The molecule has 1 aliphatic rings. The van der Waals surface area contributed by atoms with Gasteiger partial charge in [-0.1, -0.05) is 19.3 Å². The maximum Gasteiger partial charge on any atom is 0.303 e. The smallest absolute Gasteiger partial charge is 0.303 e. The van der Waals surface area contributed by atoms with Crippen molar-refractivity contribution in [2.24, 2.45) is 5.41 Å². The van der Waals surface area contributed by atoms with Gasteiger partial charge in [0.05, 0.1) is 18.9 Å². The zero-order valence-corrected chi connectivity index (χ0v) is 10.8. The highest BCUT2D eigenvalue weighted by Gasteiger charge is 2.34. The van der Waals surface area contributed by atoms with Crippen molar-refractivity contribution in [3.8, 4) is 0 Å². The van der Waals surface area contributed by atoms with Crippen LogP contribution in [0.2, 0.25) is 0 Å². The van der Waals surface area contributed by atoms with Gasteiger partial charge in [0.25, 0.3) is 5.91 Å². The SMILES string of the molecule is O=C(O)CC1(CNC(=O)c2cnc[nH]2)CCCCC1. The summed E-state index contributed by atoms with van der Waals surface area (Å²) in [4.78, 5) is 29.4. The number of rotatable bonds is 5. The zero-order chi connectivity index (χ0) is 13.7. The largest absolute Gasteiger partial charge is 0.481 e. The van der Waals surface area contributed by atoms with Crippen LogP contribution in [0.1, 0.15) is 49.0 Å². The molecule has 1 amide bonds. The normalized spacial score (nSPS) is 17.9. The highest BCUT2D eigenvalue weighted by molar-refractivity contribution is 5.92. The molecule has 0 unspecified atom stereocenters.